The van der Waals surface area contributed by atoms with E-state index in [9.17, 15) is 0 Å². The first-order valence-electron chi connectivity index (χ1n) is 12.2. The van der Waals surface area contributed by atoms with Gasteiger partial charge in [0, 0.05) is 38.8 Å². The van der Waals surface area contributed by atoms with Crippen LogP contribution in [0.25, 0.3) is 0 Å². The van der Waals surface area contributed by atoms with Crippen molar-refractivity contribution in [3.05, 3.63) is 29.8 Å². The molecule has 1 aromatic rings. The number of morpholine rings is 1. The third-order valence-corrected chi connectivity index (χ3v) is 6.25. The van der Waals surface area contributed by atoms with Crippen LogP contribution in [0, 0.1) is 0 Å². The SMILES string of the molecule is CCCCCC(CC)NC(=S)N(CCCN1CCOCC1)Cc1ccc(OCC)cc1. The van der Waals surface area contributed by atoms with Crippen molar-refractivity contribution in [3.63, 3.8) is 0 Å². The summed E-state index contributed by atoms with van der Waals surface area (Å²) in [6, 6.07) is 8.88. The van der Waals surface area contributed by atoms with Gasteiger partial charge in [-0.15, -0.1) is 0 Å². The van der Waals surface area contributed by atoms with Gasteiger partial charge in [0.25, 0.3) is 0 Å². The summed E-state index contributed by atoms with van der Waals surface area (Å²) >= 11 is 5.89. The number of nitrogens with zero attached hydrogens (tertiary/aromatic N) is 2. The van der Waals surface area contributed by atoms with Gasteiger partial charge in [0.2, 0.25) is 0 Å². The molecule has 1 atom stereocenters. The van der Waals surface area contributed by atoms with Crippen LogP contribution < -0.4 is 10.1 Å². The fourth-order valence-corrected chi connectivity index (χ4v) is 4.25. The molecule has 0 radical (unpaired) electrons. The summed E-state index contributed by atoms with van der Waals surface area (Å²) < 4.78 is 11.1. The van der Waals surface area contributed by atoms with Crippen LogP contribution in [0.3, 0.4) is 0 Å². The summed E-state index contributed by atoms with van der Waals surface area (Å²) in [5, 5.41) is 4.55. The molecule has 1 fully saturated rings. The number of hydrogen-bond acceptors (Lipinski definition) is 4. The Balaban J connectivity index is 1.94. The van der Waals surface area contributed by atoms with Gasteiger partial charge in [-0.25, -0.2) is 0 Å². The lowest BCUT2D eigenvalue weighted by atomic mass is 10.1. The number of rotatable bonds is 14. The average Bonchev–Trinajstić information content (AvgIpc) is 2.80. The molecule has 1 heterocycles. The lowest BCUT2D eigenvalue weighted by Gasteiger charge is -2.31. The molecule has 176 valence electrons. The molecule has 1 saturated heterocycles. The summed E-state index contributed by atoms with van der Waals surface area (Å²) in [6.45, 7) is 13.9. The minimum atomic E-state index is 0.459. The van der Waals surface area contributed by atoms with Crippen LogP contribution in [0.1, 0.15) is 64.9 Å². The van der Waals surface area contributed by atoms with Crippen molar-refractivity contribution in [3.8, 4) is 5.75 Å². The van der Waals surface area contributed by atoms with Gasteiger partial charge in [0.05, 0.1) is 19.8 Å². The van der Waals surface area contributed by atoms with Crippen LogP contribution in [0.15, 0.2) is 24.3 Å². The second-order valence-electron chi connectivity index (χ2n) is 8.36. The molecule has 6 heteroatoms. The van der Waals surface area contributed by atoms with Crippen LogP contribution in [0.2, 0.25) is 0 Å². The quantitative estimate of drug-likeness (QED) is 0.323. The Bertz CT molecular complexity index is 605. The minimum Gasteiger partial charge on any atom is -0.494 e. The Kier molecular flexibility index (Phi) is 12.9. The molecule has 0 spiro atoms. The molecule has 1 unspecified atom stereocenters. The van der Waals surface area contributed by atoms with Gasteiger partial charge in [-0.3, -0.25) is 4.90 Å². The van der Waals surface area contributed by atoms with Crippen LogP contribution in [0.4, 0.5) is 0 Å². The fourth-order valence-electron chi connectivity index (χ4n) is 3.93. The van der Waals surface area contributed by atoms with Crippen molar-refractivity contribution in [1.29, 1.82) is 0 Å². The van der Waals surface area contributed by atoms with Crippen LogP contribution in [-0.4, -0.2) is 67.0 Å². The molecule has 0 saturated carbocycles. The summed E-state index contributed by atoms with van der Waals surface area (Å²) in [5.41, 5.74) is 1.26. The van der Waals surface area contributed by atoms with Crippen molar-refractivity contribution in [2.24, 2.45) is 0 Å². The van der Waals surface area contributed by atoms with Crippen molar-refractivity contribution in [2.75, 3.05) is 46.0 Å². The number of nitrogens with one attached hydrogen (secondary N) is 1. The van der Waals surface area contributed by atoms with Crippen LogP contribution in [-0.2, 0) is 11.3 Å². The molecule has 1 aromatic carbocycles. The summed E-state index contributed by atoms with van der Waals surface area (Å²) in [4.78, 5) is 4.84. The standard InChI is InChI=1S/C25H43N3O2S/c1-4-7-8-10-23(5-2)26-25(31)28(16-9-15-27-17-19-29-20-18-27)21-22-11-13-24(14-12-22)30-6-3/h11-14,23H,4-10,15-21H2,1-3H3,(H,26,31). The molecule has 1 aliphatic rings. The Hall–Kier alpha value is -1.37. The maximum absolute atomic E-state index is 5.89. The normalized spacial score (nSPS) is 15.5. The number of unbranched alkanes of at least 4 members (excludes halogenated alkanes) is 2. The van der Waals surface area contributed by atoms with Gasteiger partial charge in [-0.05, 0) is 56.1 Å². The number of ether oxygens (including phenoxy) is 2. The number of benzene rings is 1. The first-order chi connectivity index (χ1) is 15.2. The van der Waals surface area contributed by atoms with Crippen molar-refractivity contribution in [2.45, 2.75) is 71.9 Å². The highest BCUT2D eigenvalue weighted by Gasteiger charge is 2.16. The summed E-state index contributed by atoms with van der Waals surface area (Å²) in [6.07, 6.45) is 7.21. The zero-order chi connectivity index (χ0) is 22.3. The second kappa shape index (κ2) is 15.4. The number of thiocarbonyl (C=S) groups is 1. The van der Waals surface area contributed by atoms with E-state index in [0.29, 0.717) is 12.6 Å². The maximum Gasteiger partial charge on any atom is 0.169 e. The highest BCUT2D eigenvalue weighted by atomic mass is 32.1. The van der Waals surface area contributed by atoms with Gasteiger partial charge >= 0.3 is 0 Å². The topological polar surface area (TPSA) is 37.0 Å². The lowest BCUT2D eigenvalue weighted by Crippen LogP contribution is -2.45. The lowest BCUT2D eigenvalue weighted by molar-refractivity contribution is 0.0367. The zero-order valence-corrected chi connectivity index (χ0v) is 20.7. The van der Waals surface area contributed by atoms with E-state index in [1.807, 2.05) is 6.92 Å². The summed E-state index contributed by atoms with van der Waals surface area (Å²) in [7, 11) is 0. The van der Waals surface area contributed by atoms with E-state index in [1.165, 1.54) is 31.2 Å². The fraction of sp³-hybridized carbons (Fsp3) is 0.720. The average molecular weight is 450 g/mol. The second-order valence-corrected chi connectivity index (χ2v) is 8.74. The van der Waals surface area contributed by atoms with Crippen molar-refractivity contribution in [1.82, 2.24) is 15.1 Å². The molecule has 0 aromatic heterocycles. The monoisotopic (exact) mass is 449 g/mol. The first-order valence-corrected chi connectivity index (χ1v) is 12.6. The summed E-state index contributed by atoms with van der Waals surface area (Å²) in [5.74, 6) is 0.924. The third-order valence-electron chi connectivity index (χ3n) is 5.88. The van der Waals surface area contributed by atoms with Crippen LogP contribution >= 0.6 is 12.2 Å². The molecular formula is C25H43N3O2S. The Morgan fingerprint density at radius 3 is 2.52 bits per heavy atom. The predicted octanol–water partition coefficient (Wildman–Crippen LogP) is 4.84. The molecule has 2 rings (SSSR count). The molecular weight excluding hydrogens is 406 g/mol. The first kappa shape index (κ1) is 25.9. The van der Waals surface area contributed by atoms with Crippen molar-refractivity contribution >= 4 is 17.3 Å². The van der Waals surface area contributed by atoms with Gasteiger partial charge in [0.1, 0.15) is 5.75 Å². The predicted molar refractivity (Wildman–Crippen MR) is 134 cm³/mol. The zero-order valence-electron chi connectivity index (χ0n) is 19.9. The highest BCUT2D eigenvalue weighted by Crippen LogP contribution is 2.15. The van der Waals surface area contributed by atoms with Crippen molar-refractivity contribution < 1.29 is 9.47 Å². The molecule has 5 nitrogen and oxygen atoms in total. The van der Waals surface area contributed by atoms with E-state index in [2.05, 4.69) is 53.2 Å². The van der Waals surface area contributed by atoms with E-state index in [0.717, 1.165) is 69.6 Å². The molecule has 31 heavy (non-hydrogen) atoms. The third kappa shape index (κ3) is 10.2. The van der Waals surface area contributed by atoms with Gasteiger partial charge in [-0.1, -0.05) is 45.2 Å². The van der Waals surface area contributed by atoms with Crippen LogP contribution in [0.5, 0.6) is 5.75 Å². The van der Waals surface area contributed by atoms with Gasteiger partial charge in [0.15, 0.2) is 5.11 Å². The van der Waals surface area contributed by atoms with E-state index < -0.39 is 0 Å². The molecule has 1 aliphatic heterocycles. The molecule has 1 N–H and O–H groups in total. The van der Waals surface area contributed by atoms with Gasteiger partial charge < -0.3 is 19.7 Å². The maximum atomic E-state index is 5.89. The van der Waals surface area contributed by atoms with E-state index in [1.54, 1.807) is 0 Å². The van der Waals surface area contributed by atoms with Gasteiger partial charge in [-0.2, -0.15) is 0 Å². The molecule has 0 bridgehead atoms. The Morgan fingerprint density at radius 2 is 1.87 bits per heavy atom. The largest absolute Gasteiger partial charge is 0.494 e. The van der Waals surface area contributed by atoms with E-state index in [4.69, 9.17) is 21.7 Å². The smallest absolute Gasteiger partial charge is 0.169 e. The Morgan fingerprint density at radius 1 is 1.13 bits per heavy atom. The number of hydrogen-bond donors (Lipinski definition) is 1. The molecule has 0 aliphatic carbocycles. The highest BCUT2D eigenvalue weighted by molar-refractivity contribution is 7.80. The Labute approximate surface area is 195 Å². The van der Waals surface area contributed by atoms with E-state index >= 15 is 0 Å². The molecule has 0 amide bonds. The van der Waals surface area contributed by atoms with E-state index in [-0.39, 0.29) is 0 Å². The minimum absolute atomic E-state index is 0.459.